The zero-order valence-electron chi connectivity index (χ0n) is 7.87. The molecule has 1 aliphatic rings. The largest absolute Gasteiger partial charge is 0.381 e. The van der Waals surface area contributed by atoms with Crippen LogP contribution in [0.3, 0.4) is 0 Å². The molecule has 1 heterocycles. The van der Waals surface area contributed by atoms with Crippen LogP contribution in [0.5, 0.6) is 0 Å². The summed E-state index contributed by atoms with van der Waals surface area (Å²) in [5, 5.41) is 0. The maximum Gasteiger partial charge on any atom is 0.127 e. The van der Waals surface area contributed by atoms with Gasteiger partial charge in [-0.15, -0.1) is 12.6 Å². The van der Waals surface area contributed by atoms with Gasteiger partial charge >= 0.3 is 0 Å². The van der Waals surface area contributed by atoms with Crippen molar-refractivity contribution >= 4 is 12.6 Å². The van der Waals surface area contributed by atoms with Gasteiger partial charge in [0.1, 0.15) is 5.82 Å². The number of ether oxygens (including phenoxy) is 1. The first-order valence-electron chi connectivity index (χ1n) is 4.83. The van der Waals surface area contributed by atoms with Gasteiger partial charge in [-0.05, 0) is 36.5 Å². The molecule has 0 N–H and O–H groups in total. The van der Waals surface area contributed by atoms with Crippen LogP contribution >= 0.6 is 12.6 Å². The van der Waals surface area contributed by atoms with Crippen molar-refractivity contribution in [2.45, 2.75) is 23.7 Å². The van der Waals surface area contributed by atoms with Crippen molar-refractivity contribution < 1.29 is 9.13 Å². The summed E-state index contributed by atoms with van der Waals surface area (Å²) in [4.78, 5) is 0.679. The Hall–Kier alpha value is -0.540. The van der Waals surface area contributed by atoms with Gasteiger partial charge in [-0.2, -0.15) is 0 Å². The standard InChI is InChI=1S/C11H13FOS/c12-11-7-9(14)1-2-10(11)8-3-5-13-6-4-8/h1-2,7-8,14H,3-6H2. The normalized spacial score (nSPS) is 18.4. The van der Waals surface area contributed by atoms with Crippen molar-refractivity contribution in [3.8, 4) is 0 Å². The van der Waals surface area contributed by atoms with Crippen molar-refractivity contribution in [2.24, 2.45) is 0 Å². The predicted octanol–water partition coefficient (Wildman–Crippen LogP) is 3.01. The van der Waals surface area contributed by atoms with Gasteiger partial charge in [-0.3, -0.25) is 0 Å². The molecule has 0 unspecified atom stereocenters. The first kappa shape index (κ1) is 9.99. The number of rotatable bonds is 1. The second-order valence-corrected chi connectivity index (χ2v) is 4.11. The lowest BCUT2D eigenvalue weighted by Crippen LogP contribution is -2.15. The molecule has 76 valence electrons. The molecular weight excluding hydrogens is 199 g/mol. The van der Waals surface area contributed by atoms with Gasteiger partial charge < -0.3 is 4.74 Å². The van der Waals surface area contributed by atoms with Gasteiger partial charge in [-0.25, -0.2) is 4.39 Å². The molecule has 1 aromatic rings. The lowest BCUT2D eigenvalue weighted by molar-refractivity contribution is 0.0846. The second kappa shape index (κ2) is 4.32. The number of benzene rings is 1. The Kier molecular flexibility index (Phi) is 3.08. The first-order chi connectivity index (χ1) is 6.77. The van der Waals surface area contributed by atoms with Gasteiger partial charge in [0.25, 0.3) is 0 Å². The summed E-state index contributed by atoms with van der Waals surface area (Å²) >= 11 is 4.10. The minimum atomic E-state index is -0.135. The Balaban J connectivity index is 2.22. The van der Waals surface area contributed by atoms with Crippen molar-refractivity contribution in [2.75, 3.05) is 13.2 Å². The Morgan fingerprint density at radius 1 is 1.29 bits per heavy atom. The molecule has 0 amide bonds. The molecule has 1 fully saturated rings. The Morgan fingerprint density at radius 3 is 2.64 bits per heavy atom. The lowest BCUT2D eigenvalue weighted by atomic mass is 9.91. The molecule has 3 heteroatoms. The Morgan fingerprint density at radius 2 is 2.00 bits per heavy atom. The topological polar surface area (TPSA) is 9.23 Å². The SMILES string of the molecule is Fc1cc(S)ccc1C1CCOCC1. The maximum absolute atomic E-state index is 13.5. The molecular formula is C11H13FOS. The molecule has 0 radical (unpaired) electrons. The summed E-state index contributed by atoms with van der Waals surface area (Å²) in [6.45, 7) is 1.49. The lowest BCUT2D eigenvalue weighted by Gasteiger charge is -2.22. The van der Waals surface area contributed by atoms with Crippen LogP contribution in [-0.4, -0.2) is 13.2 Å². The van der Waals surface area contributed by atoms with Crippen LogP contribution in [0.15, 0.2) is 23.1 Å². The predicted molar refractivity (Wildman–Crippen MR) is 56.4 cm³/mol. The Labute approximate surface area is 88.7 Å². The minimum absolute atomic E-state index is 0.135. The van der Waals surface area contributed by atoms with E-state index in [4.69, 9.17) is 4.74 Å². The van der Waals surface area contributed by atoms with Crippen LogP contribution in [0.1, 0.15) is 24.3 Å². The van der Waals surface area contributed by atoms with Gasteiger partial charge in [0, 0.05) is 18.1 Å². The molecule has 0 bridgehead atoms. The zero-order chi connectivity index (χ0) is 9.97. The third-order valence-corrected chi connectivity index (χ3v) is 2.92. The van der Waals surface area contributed by atoms with Crippen LogP contribution < -0.4 is 0 Å². The molecule has 1 aromatic carbocycles. The first-order valence-corrected chi connectivity index (χ1v) is 5.28. The van der Waals surface area contributed by atoms with Gasteiger partial charge in [0.15, 0.2) is 0 Å². The fourth-order valence-corrected chi connectivity index (χ4v) is 2.04. The minimum Gasteiger partial charge on any atom is -0.381 e. The highest BCUT2D eigenvalue weighted by Crippen LogP contribution is 2.29. The highest BCUT2D eigenvalue weighted by molar-refractivity contribution is 7.80. The van der Waals surface area contributed by atoms with Crippen LogP contribution in [0.4, 0.5) is 4.39 Å². The summed E-state index contributed by atoms with van der Waals surface area (Å²) < 4.78 is 18.8. The van der Waals surface area contributed by atoms with E-state index in [1.54, 1.807) is 0 Å². The summed E-state index contributed by atoms with van der Waals surface area (Å²) in [7, 11) is 0. The highest BCUT2D eigenvalue weighted by atomic mass is 32.1. The molecule has 0 aliphatic carbocycles. The average molecular weight is 212 g/mol. The van der Waals surface area contributed by atoms with E-state index >= 15 is 0 Å². The van der Waals surface area contributed by atoms with Gasteiger partial charge in [0.2, 0.25) is 0 Å². The summed E-state index contributed by atoms with van der Waals surface area (Å²) in [5.74, 6) is 0.182. The van der Waals surface area contributed by atoms with Crippen molar-refractivity contribution in [1.82, 2.24) is 0 Å². The number of hydrogen-bond donors (Lipinski definition) is 1. The van der Waals surface area contributed by atoms with Crippen molar-refractivity contribution in [1.29, 1.82) is 0 Å². The number of hydrogen-bond acceptors (Lipinski definition) is 2. The van der Waals surface area contributed by atoms with Crippen molar-refractivity contribution in [3.63, 3.8) is 0 Å². The summed E-state index contributed by atoms with van der Waals surface area (Å²) in [6.07, 6.45) is 1.84. The zero-order valence-corrected chi connectivity index (χ0v) is 8.77. The molecule has 2 rings (SSSR count). The second-order valence-electron chi connectivity index (χ2n) is 3.59. The van der Waals surface area contributed by atoms with E-state index in [0.29, 0.717) is 10.8 Å². The smallest absolute Gasteiger partial charge is 0.127 e. The molecule has 0 spiro atoms. The fourth-order valence-electron chi connectivity index (χ4n) is 1.86. The maximum atomic E-state index is 13.5. The quantitative estimate of drug-likeness (QED) is 0.704. The molecule has 0 saturated carbocycles. The number of halogens is 1. The summed E-state index contributed by atoms with van der Waals surface area (Å²) in [6, 6.07) is 5.17. The van der Waals surface area contributed by atoms with Gasteiger partial charge in [0.05, 0.1) is 0 Å². The van der Waals surface area contributed by atoms with E-state index < -0.39 is 0 Å². The van der Waals surface area contributed by atoms with E-state index in [0.717, 1.165) is 31.6 Å². The molecule has 1 aliphatic heterocycles. The van der Waals surface area contributed by atoms with Crippen LogP contribution in [0, 0.1) is 5.82 Å². The van der Waals surface area contributed by atoms with E-state index in [2.05, 4.69) is 12.6 Å². The van der Waals surface area contributed by atoms with E-state index in [9.17, 15) is 4.39 Å². The molecule has 14 heavy (non-hydrogen) atoms. The van der Waals surface area contributed by atoms with Crippen LogP contribution in [-0.2, 0) is 4.74 Å². The van der Waals surface area contributed by atoms with Crippen LogP contribution in [0.2, 0.25) is 0 Å². The van der Waals surface area contributed by atoms with Crippen LogP contribution in [0.25, 0.3) is 0 Å². The summed E-state index contributed by atoms with van der Waals surface area (Å²) in [5.41, 5.74) is 0.811. The fraction of sp³-hybridized carbons (Fsp3) is 0.455. The third kappa shape index (κ3) is 2.10. The monoisotopic (exact) mass is 212 g/mol. The molecule has 0 aromatic heterocycles. The molecule has 0 atom stereocenters. The van der Waals surface area contributed by atoms with E-state index in [1.165, 1.54) is 6.07 Å². The van der Waals surface area contributed by atoms with E-state index in [1.807, 2.05) is 12.1 Å². The highest BCUT2D eigenvalue weighted by Gasteiger charge is 2.18. The average Bonchev–Trinajstić information content (AvgIpc) is 2.19. The number of thiol groups is 1. The van der Waals surface area contributed by atoms with E-state index in [-0.39, 0.29) is 5.82 Å². The molecule has 1 saturated heterocycles. The van der Waals surface area contributed by atoms with Gasteiger partial charge in [-0.1, -0.05) is 6.07 Å². The van der Waals surface area contributed by atoms with Crippen molar-refractivity contribution in [3.05, 3.63) is 29.6 Å². The molecule has 1 nitrogen and oxygen atoms in total. The Bertz CT molecular complexity index is 321. The third-order valence-electron chi connectivity index (χ3n) is 2.65.